The van der Waals surface area contributed by atoms with E-state index in [4.69, 9.17) is 23.2 Å². The van der Waals surface area contributed by atoms with Crippen molar-refractivity contribution in [3.05, 3.63) is 72.7 Å². The summed E-state index contributed by atoms with van der Waals surface area (Å²) in [6, 6.07) is 9.23. The molecule has 0 radical (unpaired) electrons. The molecule has 2 aromatic carbocycles. The van der Waals surface area contributed by atoms with E-state index in [1.165, 1.54) is 12.1 Å². The first-order valence-electron chi connectivity index (χ1n) is 9.38. The molecular formula is C20H15Cl2N5O4S. The number of nitro benzene ring substituents is 1. The molecule has 1 N–H and O–H groups in total. The number of carbonyl (C=O) groups is 2. The predicted octanol–water partition coefficient (Wildman–Crippen LogP) is 4.83. The average molecular weight is 492 g/mol. The van der Waals surface area contributed by atoms with Crippen LogP contribution in [-0.4, -0.2) is 33.5 Å². The van der Waals surface area contributed by atoms with Crippen LogP contribution in [0.5, 0.6) is 0 Å². The average Bonchev–Trinajstić information content (AvgIpc) is 3.36. The number of aryl methyl sites for hydroxylation is 1. The fourth-order valence-electron chi connectivity index (χ4n) is 3.29. The van der Waals surface area contributed by atoms with E-state index >= 15 is 0 Å². The summed E-state index contributed by atoms with van der Waals surface area (Å²) < 4.78 is 0. The number of rotatable bonds is 5. The predicted molar refractivity (Wildman–Crippen MR) is 122 cm³/mol. The first kappa shape index (κ1) is 22.1. The van der Waals surface area contributed by atoms with E-state index in [-0.39, 0.29) is 39.7 Å². The van der Waals surface area contributed by atoms with Gasteiger partial charge in [-0.15, -0.1) is 10.2 Å². The van der Waals surface area contributed by atoms with Crippen LogP contribution in [0.2, 0.25) is 10.0 Å². The second-order valence-electron chi connectivity index (χ2n) is 7.16. The van der Waals surface area contributed by atoms with Gasteiger partial charge in [0.15, 0.2) is 0 Å². The van der Waals surface area contributed by atoms with Crippen LogP contribution in [0.3, 0.4) is 0 Å². The van der Waals surface area contributed by atoms with Gasteiger partial charge in [0.25, 0.3) is 11.6 Å². The van der Waals surface area contributed by atoms with Gasteiger partial charge in [-0.25, -0.2) is 0 Å². The van der Waals surface area contributed by atoms with Crippen LogP contribution in [0.15, 0.2) is 36.4 Å². The van der Waals surface area contributed by atoms with Gasteiger partial charge in [-0.1, -0.05) is 40.6 Å². The maximum Gasteiger partial charge on any atom is 0.288 e. The molecule has 0 saturated carbocycles. The Balaban J connectivity index is 1.46. The maximum absolute atomic E-state index is 12.5. The topological polar surface area (TPSA) is 118 Å². The molecule has 164 valence electrons. The minimum absolute atomic E-state index is 0.0517. The number of benzene rings is 2. The summed E-state index contributed by atoms with van der Waals surface area (Å²) in [7, 11) is 0. The molecule has 1 aliphatic rings. The third-order valence-corrected chi connectivity index (χ3v) is 6.74. The molecule has 1 aromatic heterocycles. The van der Waals surface area contributed by atoms with Crippen molar-refractivity contribution >= 4 is 62.9 Å². The highest BCUT2D eigenvalue weighted by Crippen LogP contribution is 2.35. The molecule has 3 aromatic rings. The highest BCUT2D eigenvalue weighted by Gasteiger charge is 2.34. The lowest BCUT2D eigenvalue weighted by atomic mass is 10.1. The molecule has 2 amide bonds. The molecule has 1 fully saturated rings. The lowest BCUT2D eigenvalue weighted by Crippen LogP contribution is -2.24. The molecule has 32 heavy (non-hydrogen) atoms. The lowest BCUT2D eigenvalue weighted by Gasteiger charge is -2.17. The second kappa shape index (κ2) is 8.81. The van der Waals surface area contributed by atoms with Crippen LogP contribution >= 0.6 is 34.5 Å². The fraction of sp³-hybridized carbons (Fsp3) is 0.200. The zero-order valence-electron chi connectivity index (χ0n) is 16.5. The number of aromatic nitrogens is 2. The third-order valence-electron chi connectivity index (χ3n) is 5.01. The second-order valence-corrected chi connectivity index (χ2v) is 8.99. The van der Waals surface area contributed by atoms with Gasteiger partial charge in [0.2, 0.25) is 11.0 Å². The summed E-state index contributed by atoms with van der Waals surface area (Å²) in [4.78, 5) is 37.0. The zero-order valence-corrected chi connectivity index (χ0v) is 18.9. The van der Waals surface area contributed by atoms with Gasteiger partial charge < -0.3 is 4.90 Å². The number of halogens is 2. The number of hydrogen-bond acceptors (Lipinski definition) is 7. The summed E-state index contributed by atoms with van der Waals surface area (Å²) in [6.07, 6.45) is 0.261. The van der Waals surface area contributed by atoms with Crippen LogP contribution < -0.4 is 10.2 Å². The Labute approximate surface area is 196 Å². The van der Waals surface area contributed by atoms with E-state index in [9.17, 15) is 19.7 Å². The summed E-state index contributed by atoms with van der Waals surface area (Å²) in [5.74, 6) is -0.808. The van der Waals surface area contributed by atoms with Crippen LogP contribution in [0.4, 0.5) is 16.5 Å². The third kappa shape index (κ3) is 4.43. The van der Waals surface area contributed by atoms with Crippen LogP contribution in [0, 0.1) is 17.0 Å². The van der Waals surface area contributed by atoms with Crippen LogP contribution in [0.25, 0.3) is 0 Å². The van der Waals surface area contributed by atoms with Crippen molar-refractivity contribution in [3.63, 3.8) is 0 Å². The van der Waals surface area contributed by atoms with Crippen molar-refractivity contribution in [2.45, 2.75) is 19.3 Å². The van der Waals surface area contributed by atoms with Gasteiger partial charge in [-0.3, -0.25) is 25.0 Å². The smallest absolute Gasteiger partial charge is 0.288 e. The summed E-state index contributed by atoms with van der Waals surface area (Å²) in [6.45, 7) is 2.31. The molecular weight excluding hydrogens is 477 g/mol. The van der Waals surface area contributed by atoms with Gasteiger partial charge >= 0.3 is 0 Å². The van der Waals surface area contributed by atoms with Crippen molar-refractivity contribution in [2.24, 2.45) is 0 Å². The lowest BCUT2D eigenvalue weighted by molar-refractivity contribution is -0.384. The summed E-state index contributed by atoms with van der Waals surface area (Å²) in [5.41, 5.74) is 1.35. The quantitative estimate of drug-likeness (QED) is 0.403. The normalized spacial score (nSPS) is 15.8. The number of nitro groups is 1. The Morgan fingerprint density at radius 3 is 2.72 bits per heavy atom. The molecule has 12 heteroatoms. The van der Waals surface area contributed by atoms with Crippen LogP contribution in [-0.2, 0) is 4.79 Å². The molecule has 1 aliphatic heterocycles. The Morgan fingerprint density at radius 2 is 2.00 bits per heavy atom. The minimum Gasteiger partial charge on any atom is -0.312 e. The molecule has 0 aliphatic carbocycles. The number of amides is 2. The number of nitrogens with zero attached hydrogens (tertiary/aromatic N) is 4. The molecule has 1 unspecified atom stereocenters. The highest BCUT2D eigenvalue weighted by atomic mass is 35.5. The number of carbonyl (C=O) groups excluding carboxylic acids is 2. The number of hydrogen-bond donors (Lipinski definition) is 1. The molecule has 0 bridgehead atoms. The Bertz CT molecular complexity index is 1250. The summed E-state index contributed by atoms with van der Waals surface area (Å²) in [5, 5.41) is 23.1. The molecule has 4 rings (SSSR count). The Morgan fingerprint density at radius 1 is 1.22 bits per heavy atom. The van der Waals surface area contributed by atoms with E-state index in [0.717, 1.165) is 28.7 Å². The van der Waals surface area contributed by atoms with Crippen molar-refractivity contribution in [3.8, 4) is 0 Å². The van der Waals surface area contributed by atoms with Crippen molar-refractivity contribution in [1.82, 2.24) is 10.2 Å². The number of anilines is 2. The van der Waals surface area contributed by atoms with Crippen molar-refractivity contribution in [2.75, 3.05) is 16.8 Å². The van der Waals surface area contributed by atoms with E-state index in [0.29, 0.717) is 16.6 Å². The zero-order chi connectivity index (χ0) is 23.0. The monoisotopic (exact) mass is 491 g/mol. The molecule has 9 nitrogen and oxygen atoms in total. The van der Waals surface area contributed by atoms with Gasteiger partial charge in [-0.2, -0.15) is 0 Å². The molecule has 0 spiro atoms. The number of nitrogens with one attached hydrogen (secondary N) is 1. The first-order chi connectivity index (χ1) is 15.2. The van der Waals surface area contributed by atoms with Gasteiger partial charge in [0.1, 0.15) is 10.0 Å². The molecule has 2 heterocycles. The fourth-order valence-corrected chi connectivity index (χ4v) is 4.48. The van der Waals surface area contributed by atoms with E-state index < -0.39 is 10.8 Å². The highest BCUT2D eigenvalue weighted by molar-refractivity contribution is 7.15. The maximum atomic E-state index is 12.5. The Kier molecular flexibility index (Phi) is 6.09. The summed E-state index contributed by atoms with van der Waals surface area (Å²) >= 11 is 13.1. The van der Waals surface area contributed by atoms with Crippen LogP contribution in [0.1, 0.15) is 33.3 Å². The van der Waals surface area contributed by atoms with E-state index in [1.807, 2.05) is 19.1 Å². The Hall–Kier alpha value is -3.08. The van der Waals surface area contributed by atoms with Crippen molar-refractivity contribution < 1.29 is 14.5 Å². The minimum atomic E-state index is -0.660. The molecule has 1 saturated heterocycles. The van der Waals surface area contributed by atoms with Gasteiger partial charge in [0, 0.05) is 41.2 Å². The van der Waals surface area contributed by atoms with Gasteiger partial charge in [0.05, 0.1) is 4.92 Å². The van der Waals surface area contributed by atoms with Crippen molar-refractivity contribution in [1.29, 1.82) is 0 Å². The standard InChI is InChI=1S/C20H15Cl2N5O4S/c1-10-2-4-13(8-15(10)22)26-9-12(7-17(26)28)19-24-25-20(32-19)23-18(29)11-3-5-14(21)16(6-11)27(30)31/h2-6,8,12H,7,9H2,1H3,(H,23,25,29). The van der Waals surface area contributed by atoms with Gasteiger partial charge in [-0.05, 0) is 36.8 Å². The first-order valence-corrected chi connectivity index (χ1v) is 11.0. The van der Waals surface area contributed by atoms with E-state index in [2.05, 4.69) is 15.5 Å². The largest absolute Gasteiger partial charge is 0.312 e. The molecule has 1 atom stereocenters. The SMILES string of the molecule is Cc1ccc(N2CC(c3nnc(NC(=O)c4ccc(Cl)c([N+](=O)[O-])c4)s3)CC2=O)cc1Cl. The van der Waals surface area contributed by atoms with E-state index in [1.54, 1.807) is 11.0 Å².